The van der Waals surface area contributed by atoms with Gasteiger partial charge in [-0.05, 0) is 5.92 Å². The van der Waals surface area contributed by atoms with Gasteiger partial charge in [0, 0.05) is 11.5 Å². The number of hydrogen-bond acceptors (Lipinski definition) is 3. The summed E-state index contributed by atoms with van der Waals surface area (Å²) in [5.74, 6) is -0.674. The van der Waals surface area contributed by atoms with E-state index in [1.807, 2.05) is 34.6 Å². The highest BCUT2D eigenvalue weighted by Gasteiger charge is 2.38. The molecule has 1 N–H and O–H groups in total. The van der Waals surface area contributed by atoms with E-state index in [4.69, 9.17) is 0 Å². The van der Waals surface area contributed by atoms with Gasteiger partial charge in [-0.1, -0.05) is 34.6 Å². The lowest BCUT2D eigenvalue weighted by atomic mass is 9.92. The molecule has 1 unspecified atom stereocenters. The molecule has 1 amide bonds. The summed E-state index contributed by atoms with van der Waals surface area (Å²) in [4.78, 5) is 24.1. The van der Waals surface area contributed by atoms with E-state index in [9.17, 15) is 9.59 Å². The zero-order valence-electron chi connectivity index (χ0n) is 11.4. The van der Waals surface area contributed by atoms with Crippen LogP contribution in [0.4, 0.5) is 5.82 Å². The molecule has 0 radical (unpaired) electrons. The standard InChI is InChI=1S/C13H19N3O2/c1-7(2)10-11(17)14-9-6-8(13(3,4)5)15-16(9)12(10)18/h6-7,10H,1-5H3,(H,14,17). The first-order chi connectivity index (χ1) is 8.21. The van der Waals surface area contributed by atoms with Gasteiger partial charge in [0.25, 0.3) is 5.91 Å². The summed E-state index contributed by atoms with van der Waals surface area (Å²) in [6.07, 6.45) is 0. The topological polar surface area (TPSA) is 64.0 Å². The molecule has 0 fully saturated rings. The van der Waals surface area contributed by atoms with Gasteiger partial charge in [0.15, 0.2) is 0 Å². The van der Waals surface area contributed by atoms with Crippen LogP contribution in [-0.2, 0) is 10.2 Å². The van der Waals surface area contributed by atoms with Gasteiger partial charge in [0.05, 0.1) is 5.69 Å². The highest BCUT2D eigenvalue weighted by molar-refractivity contribution is 6.11. The van der Waals surface area contributed by atoms with Crippen molar-refractivity contribution in [1.29, 1.82) is 0 Å². The van der Waals surface area contributed by atoms with Crippen molar-refractivity contribution in [1.82, 2.24) is 9.78 Å². The maximum absolute atomic E-state index is 12.2. The van der Waals surface area contributed by atoms with E-state index >= 15 is 0 Å². The van der Waals surface area contributed by atoms with Crippen molar-refractivity contribution in [3.8, 4) is 0 Å². The molecule has 1 aromatic heterocycles. The van der Waals surface area contributed by atoms with Crippen LogP contribution in [0.15, 0.2) is 6.07 Å². The Labute approximate surface area is 107 Å². The van der Waals surface area contributed by atoms with Gasteiger partial charge in [0.1, 0.15) is 11.7 Å². The Bertz CT molecular complexity index is 509. The van der Waals surface area contributed by atoms with Gasteiger partial charge in [-0.15, -0.1) is 0 Å². The molecule has 5 heteroatoms. The molecule has 0 spiro atoms. The number of amides is 1. The molecule has 1 aliphatic heterocycles. The van der Waals surface area contributed by atoms with Crippen molar-refractivity contribution in [3.05, 3.63) is 11.8 Å². The third kappa shape index (κ3) is 1.94. The number of carbonyl (C=O) groups is 2. The molecule has 0 bridgehead atoms. The number of nitrogens with one attached hydrogen (secondary N) is 1. The van der Waals surface area contributed by atoms with Crippen molar-refractivity contribution < 1.29 is 9.59 Å². The van der Waals surface area contributed by atoms with E-state index in [0.717, 1.165) is 5.69 Å². The van der Waals surface area contributed by atoms with Crippen LogP contribution < -0.4 is 5.32 Å². The molecule has 2 heterocycles. The molecule has 0 saturated carbocycles. The lowest BCUT2D eigenvalue weighted by Gasteiger charge is -2.24. The Balaban J connectivity index is 2.47. The Morgan fingerprint density at radius 3 is 2.44 bits per heavy atom. The third-order valence-corrected chi connectivity index (χ3v) is 3.15. The van der Waals surface area contributed by atoms with E-state index in [1.54, 1.807) is 6.07 Å². The predicted octanol–water partition coefficient (Wildman–Crippen LogP) is 2.05. The van der Waals surface area contributed by atoms with Gasteiger partial charge in [0.2, 0.25) is 5.91 Å². The molecule has 98 valence electrons. The van der Waals surface area contributed by atoms with Crippen molar-refractivity contribution in [2.24, 2.45) is 11.8 Å². The second-order valence-electron chi connectivity index (χ2n) is 6.13. The quantitative estimate of drug-likeness (QED) is 0.775. The number of fused-ring (bicyclic) bond motifs is 1. The van der Waals surface area contributed by atoms with Gasteiger partial charge in [-0.2, -0.15) is 9.78 Å². The lowest BCUT2D eigenvalue weighted by Crippen LogP contribution is -2.42. The van der Waals surface area contributed by atoms with Crippen molar-refractivity contribution >= 4 is 17.6 Å². The first-order valence-electron chi connectivity index (χ1n) is 6.17. The van der Waals surface area contributed by atoms with Crippen molar-refractivity contribution in [2.75, 3.05) is 5.32 Å². The second-order valence-corrected chi connectivity index (χ2v) is 6.13. The summed E-state index contributed by atoms with van der Waals surface area (Å²) >= 11 is 0. The molecule has 1 atom stereocenters. The predicted molar refractivity (Wildman–Crippen MR) is 68.5 cm³/mol. The molecule has 1 aromatic rings. The van der Waals surface area contributed by atoms with Crippen LogP contribution in [0.3, 0.4) is 0 Å². The SMILES string of the molecule is CC(C)C1C(=O)Nc2cc(C(C)(C)C)nn2C1=O. The second kappa shape index (κ2) is 3.93. The van der Waals surface area contributed by atoms with Gasteiger partial charge in [-0.3, -0.25) is 9.59 Å². The van der Waals surface area contributed by atoms with E-state index < -0.39 is 5.92 Å². The fraction of sp³-hybridized carbons (Fsp3) is 0.615. The Morgan fingerprint density at radius 1 is 1.33 bits per heavy atom. The number of anilines is 1. The first kappa shape index (κ1) is 12.8. The highest BCUT2D eigenvalue weighted by atomic mass is 16.2. The fourth-order valence-electron chi connectivity index (χ4n) is 2.04. The minimum Gasteiger partial charge on any atom is -0.310 e. The number of rotatable bonds is 1. The Kier molecular flexibility index (Phi) is 2.80. The molecule has 0 saturated heterocycles. The molecule has 0 aromatic carbocycles. The van der Waals surface area contributed by atoms with Crippen molar-refractivity contribution in [3.63, 3.8) is 0 Å². The van der Waals surface area contributed by atoms with Crippen LogP contribution in [0.25, 0.3) is 0 Å². The van der Waals surface area contributed by atoms with Crippen LogP contribution in [0, 0.1) is 11.8 Å². The summed E-state index contributed by atoms with van der Waals surface area (Å²) in [6.45, 7) is 9.79. The van der Waals surface area contributed by atoms with E-state index in [-0.39, 0.29) is 23.1 Å². The molecule has 18 heavy (non-hydrogen) atoms. The minimum atomic E-state index is -0.648. The highest BCUT2D eigenvalue weighted by Crippen LogP contribution is 2.28. The summed E-state index contributed by atoms with van der Waals surface area (Å²) < 4.78 is 1.33. The maximum Gasteiger partial charge on any atom is 0.261 e. The molecular formula is C13H19N3O2. The molecule has 2 rings (SSSR count). The molecule has 5 nitrogen and oxygen atoms in total. The van der Waals surface area contributed by atoms with Crippen LogP contribution in [0.2, 0.25) is 0 Å². The largest absolute Gasteiger partial charge is 0.310 e. The zero-order valence-corrected chi connectivity index (χ0v) is 11.4. The fourth-order valence-corrected chi connectivity index (χ4v) is 2.04. The van der Waals surface area contributed by atoms with E-state index in [0.29, 0.717) is 5.82 Å². The summed E-state index contributed by atoms with van der Waals surface area (Å²) in [7, 11) is 0. The monoisotopic (exact) mass is 249 g/mol. The molecule has 1 aliphatic rings. The lowest BCUT2D eigenvalue weighted by molar-refractivity contribution is -0.120. The van der Waals surface area contributed by atoms with Gasteiger partial charge < -0.3 is 5.32 Å². The third-order valence-electron chi connectivity index (χ3n) is 3.15. The number of carbonyl (C=O) groups excluding carboxylic acids is 2. The van der Waals surface area contributed by atoms with E-state index in [1.165, 1.54) is 4.68 Å². The summed E-state index contributed by atoms with van der Waals surface area (Å²) in [6, 6.07) is 1.77. The minimum absolute atomic E-state index is 0.0343. The smallest absolute Gasteiger partial charge is 0.261 e. The van der Waals surface area contributed by atoms with E-state index in [2.05, 4.69) is 10.4 Å². The Morgan fingerprint density at radius 2 is 1.94 bits per heavy atom. The molecular weight excluding hydrogens is 230 g/mol. The Hall–Kier alpha value is -1.65. The van der Waals surface area contributed by atoms with Crippen LogP contribution in [0.1, 0.15) is 45.1 Å². The average molecular weight is 249 g/mol. The van der Waals surface area contributed by atoms with Crippen LogP contribution in [-0.4, -0.2) is 21.6 Å². The van der Waals surface area contributed by atoms with Crippen molar-refractivity contribution in [2.45, 2.75) is 40.0 Å². The number of aromatic nitrogens is 2. The van der Waals surface area contributed by atoms with Crippen LogP contribution in [0.5, 0.6) is 0 Å². The average Bonchev–Trinajstić information content (AvgIpc) is 2.60. The first-order valence-corrected chi connectivity index (χ1v) is 6.17. The molecule has 0 aliphatic carbocycles. The van der Waals surface area contributed by atoms with Gasteiger partial charge >= 0.3 is 0 Å². The van der Waals surface area contributed by atoms with Gasteiger partial charge in [-0.25, -0.2) is 0 Å². The zero-order chi connectivity index (χ0) is 13.7. The van der Waals surface area contributed by atoms with Crippen LogP contribution >= 0.6 is 0 Å². The normalized spacial score (nSPS) is 20.0. The summed E-state index contributed by atoms with van der Waals surface area (Å²) in [5, 5.41) is 7.08. The maximum atomic E-state index is 12.2. The number of hydrogen-bond donors (Lipinski definition) is 1. The number of nitrogens with zero attached hydrogens (tertiary/aromatic N) is 2. The summed E-state index contributed by atoms with van der Waals surface area (Å²) in [5.41, 5.74) is 0.651.